The van der Waals surface area contributed by atoms with Gasteiger partial charge in [0.15, 0.2) is 0 Å². The summed E-state index contributed by atoms with van der Waals surface area (Å²) in [6, 6.07) is 7.40. The number of ether oxygens (including phenoxy) is 1. The highest BCUT2D eigenvalue weighted by Crippen LogP contribution is 2.39. The number of aromatic nitrogens is 1. The Kier molecular flexibility index (Phi) is 2.64. The largest absolute Gasteiger partial charge is 0.380 e. The first kappa shape index (κ1) is 11.5. The van der Waals surface area contributed by atoms with E-state index in [1.807, 2.05) is 0 Å². The number of methoxy groups -OCH3 is 1. The van der Waals surface area contributed by atoms with Gasteiger partial charge < -0.3 is 14.6 Å². The first-order valence-electron chi connectivity index (χ1n) is 7.24. The normalized spacial score (nSPS) is 21.6. The molecule has 3 nitrogen and oxygen atoms in total. The van der Waals surface area contributed by atoms with Gasteiger partial charge in [-0.1, -0.05) is 6.07 Å². The fourth-order valence-electron chi connectivity index (χ4n) is 3.82. The average Bonchev–Trinajstić information content (AvgIpc) is 2.77. The van der Waals surface area contributed by atoms with Gasteiger partial charge in [-0.2, -0.15) is 0 Å². The molecular weight excluding hydrogens is 236 g/mol. The van der Waals surface area contributed by atoms with E-state index in [1.165, 1.54) is 35.7 Å². The molecule has 1 aliphatic heterocycles. The van der Waals surface area contributed by atoms with Crippen molar-refractivity contribution in [3.8, 4) is 0 Å². The van der Waals surface area contributed by atoms with E-state index < -0.39 is 0 Å². The fraction of sp³-hybridized carbons (Fsp3) is 0.500. The second kappa shape index (κ2) is 4.36. The lowest BCUT2D eigenvalue weighted by atomic mass is 9.90. The van der Waals surface area contributed by atoms with Crippen molar-refractivity contribution >= 4 is 10.9 Å². The van der Waals surface area contributed by atoms with Crippen LogP contribution in [-0.4, -0.2) is 18.2 Å². The summed E-state index contributed by atoms with van der Waals surface area (Å²) < 4.78 is 7.81. The quantitative estimate of drug-likeness (QED) is 0.894. The maximum atomic E-state index is 5.27. The molecule has 0 saturated carbocycles. The number of hydrogen-bond acceptors (Lipinski definition) is 2. The van der Waals surface area contributed by atoms with Gasteiger partial charge in [0.2, 0.25) is 0 Å². The second-order valence-corrected chi connectivity index (χ2v) is 5.70. The Hall–Kier alpha value is -1.32. The van der Waals surface area contributed by atoms with Crippen LogP contribution >= 0.6 is 0 Å². The van der Waals surface area contributed by atoms with E-state index in [-0.39, 0.29) is 0 Å². The Morgan fingerprint density at radius 2 is 2.37 bits per heavy atom. The molecule has 0 unspecified atom stereocenters. The number of fused-ring (bicyclic) bond motifs is 3. The third-order valence-corrected chi connectivity index (χ3v) is 4.56. The Labute approximate surface area is 113 Å². The number of nitrogens with zero attached hydrogens (tertiary/aromatic N) is 1. The molecule has 1 aromatic heterocycles. The molecule has 100 valence electrons. The van der Waals surface area contributed by atoms with Crippen LogP contribution in [0.1, 0.15) is 35.7 Å². The summed E-state index contributed by atoms with van der Waals surface area (Å²) in [6.45, 7) is 2.91. The van der Waals surface area contributed by atoms with E-state index in [2.05, 4.69) is 28.1 Å². The lowest BCUT2D eigenvalue weighted by Gasteiger charge is -2.31. The Morgan fingerprint density at radius 3 is 3.26 bits per heavy atom. The molecule has 0 fully saturated rings. The van der Waals surface area contributed by atoms with Crippen LogP contribution in [0.15, 0.2) is 18.2 Å². The molecule has 19 heavy (non-hydrogen) atoms. The molecule has 4 rings (SSSR count). The van der Waals surface area contributed by atoms with E-state index in [1.54, 1.807) is 18.4 Å². The first-order valence-corrected chi connectivity index (χ1v) is 7.24. The van der Waals surface area contributed by atoms with Crippen LogP contribution in [0.5, 0.6) is 0 Å². The molecule has 2 heterocycles. The zero-order valence-corrected chi connectivity index (χ0v) is 11.4. The summed E-state index contributed by atoms with van der Waals surface area (Å²) in [4.78, 5) is 0. The van der Waals surface area contributed by atoms with E-state index >= 15 is 0 Å². The first-order chi connectivity index (χ1) is 9.38. The van der Waals surface area contributed by atoms with Gasteiger partial charge in [0.05, 0.1) is 6.61 Å². The van der Waals surface area contributed by atoms with Crippen molar-refractivity contribution < 1.29 is 4.74 Å². The second-order valence-electron chi connectivity index (χ2n) is 5.70. The molecule has 1 atom stereocenters. The van der Waals surface area contributed by atoms with Crippen molar-refractivity contribution in [1.82, 2.24) is 9.88 Å². The minimum atomic E-state index is 0.579. The molecule has 2 aromatic rings. The zero-order valence-electron chi connectivity index (χ0n) is 11.4. The summed E-state index contributed by atoms with van der Waals surface area (Å²) in [5.74, 6) is 0. The van der Waals surface area contributed by atoms with E-state index in [0.29, 0.717) is 12.6 Å². The van der Waals surface area contributed by atoms with Crippen LogP contribution in [-0.2, 0) is 24.3 Å². The van der Waals surface area contributed by atoms with Crippen LogP contribution in [0, 0.1) is 0 Å². The molecule has 0 bridgehead atoms. The molecule has 0 spiro atoms. The molecule has 1 aliphatic carbocycles. The maximum Gasteiger partial charge on any atom is 0.0713 e. The minimum Gasteiger partial charge on any atom is -0.380 e. The van der Waals surface area contributed by atoms with Gasteiger partial charge in [0.1, 0.15) is 0 Å². The standard InChI is InChI=1S/C16H20N2O/c1-19-10-11-5-6-15-13(9-11)12-3-2-4-14-16(12)18(15)8-7-17-14/h5-6,9,14,17H,2-4,7-8,10H2,1H3/t14-/m1/s1. The van der Waals surface area contributed by atoms with Crippen LogP contribution in [0.3, 0.4) is 0 Å². The number of benzene rings is 1. The van der Waals surface area contributed by atoms with Crippen molar-refractivity contribution in [3.63, 3.8) is 0 Å². The lowest BCUT2D eigenvalue weighted by Crippen LogP contribution is -2.35. The van der Waals surface area contributed by atoms with Gasteiger partial charge in [-0.25, -0.2) is 0 Å². The Morgan fingerprint density at radius 1 is 1.42 bits per heavy atom. The van der Waals surface area contributed by atoms with Crippen LogP contribution in [0.2, 0.25) is 0 Å². The molecule has 0 saturated heterocycles. The van der Waals surface area contributed by atoms with Crippen LogP contribution < -0.4 is 5.32 Å². The summed E-state index contributed by atoms with van der Waals surface area (Å²) in [6.07, 6.45) is 3.82. The highest BCUT2D eigenvalue weighted by Gasteiger charge is 2.29. The van der Waals surface area contributed by atoms with Gasteiger partial charge in [-0.15, -0.1) is 0 Å². The van der Waals surface area contributed by atoms with Crippen molar-refractivity contribution in [2.24, 2.45) is 0 Å². The highest BCUT2D eigenvalue weighted by atomic mass is 16.5. The summed E-state index contributed by atoms with van der Waals surface area (Å²) in [5.41, 5.74) is 5.83. The third kappa shape index (κ3) is 1.65. The molecule has 3 heteroatoms. The van der Waals surface area contributed by atoms with Gasteiger partial charge in [-0.3, -0.25) is 0 Å². The van der Waals surface area contributed by atoms with Crippen LogP contribution in [0.4, 0.5) is 0 Å². The smallest absolute Gasteiger partial charge is 0.0713 e. The minimum absolute atomic E-state index is 0.579. The molecule has 1 N–H and O–H groups in total. The number of nitrogens with one attached hydrogen (secondary N) is 1. The van der Waals surface area contributed by atoms with Crippen molar-refractivity contribution in [3.05, 3.63) is 35.0 Å². The Bertz CT molecular complexity index is 627. The number of aryl methyl sites for hydroxylation is 1. The summed E-state index contributed by atoms with van der Waals surface area (Å²) in [7, 11) is 1.76. The van der Waals surface area contributed by atoms with Gasteiger partial charge in [0, 0.05) is 42.8 Å². The molecule has 1 aromatic carbocycles. The molecule has 0 amide bonds. The Balaban J connectivity index is 1.96. The predicted octanol–water partition coefficient (Wildman–Crippen LogP) is 2.77. The van der Waals surface area contributed by atoms with Crippen molar-refractivity contribution in [2.75, 3.05) is 13.7 Å². The number of hydrogen-bond donors (Lipinski definition) is 1. The van der Waals surface area contributed by atoms with E-state index in [4.69, 9.17) is 4.74 Å². The van der Waals surface area contributed by atoms with Crippen molar-refractivity contribution in [1.29, 1.82) is 0 Å². The zero-order chi connectivity index (χ0) is 12.8. The van der Waals surface area contributed by atoms with Gasteiger partial charge in [0.25, 0.3) is 0 Å². The molecular formula is C16H20N2O. The fourth-order valence-corrected chi connectivity index (χ4v) is 3.82. The lowest BCUT2D eigenvalue weighted by molar-refractivity contribution is 0.185. The van der Waals surface area contributed by atoms with E-state index in [0.717, 1.165) is 13.1 Å². The van der Waals surface area contributed by atoms with Crippen LogP contribution in [0.25, 0.3) is 10.9 Å². The maximum absolute atomic E-state index is 5.27. The topological polar surface area (TPSA) is 26.2 Å². The highest BCUT2D eigenvalue weighted by molar-refractivity contribution is 5.87. The summed E-state index contributed by atoms with van der Waals surface area (Å²) in [5, 5.41) is 5.13. The van der Waals surface area contributed by atoms with Crippen molar-refractivity contribution in [2.45, 2.75) is 38.5 Å². The number of rotatable bonds is 2. The SMILES string of the molecule is COCc1ccc2c(c1)c1c3n2CCN[C@@H]3CCC1. The average molecular weight is 256 g/mol. The summed E-state index contributed by atoms with van der Waals surface area (Å²) >= 11 is 0. The van der Waals surface area contributed by atoms with Gasteiger partial charge >= 0.3 is 0 Å². The third-order valence-electron chi connectivity index (χ3n) is 4.56. The monoisotopic (exact) mass is 256 g/mol. The van der Waals surface area contributed by atoms with E-state index in [9.17, 15) is 0 Å². The predicted molar refractivity (Wildman–Crippen MR) is 76.3 cm³/mol. The van der Waals surface area contributed by atoms with Gasteiger partial charge in [-0.05, 0) is 42.5 Å². The molecule has 2 aliphatic rings. The molecule has 0 radical (unpaired) electrons.